The van der Waals surface area contributed by atoms with Gasteiger partial charge in [-0.2, -0.15) is 0 Å². The number of fused-ring (bicyclic) bond motifs is 3. The molecule has 0 bridgehead atoms. The average molecular weight is 269 g/mol. The lowest BCUT2D eigenvalue weighted by Gasteiger charge is -2.30. The molecule has 0 amide bonds. The number of aromatic nitrogens is 2. The Morgan fingerprint density at radius 2 is 2.20 bits per heavy atom. The minimum absolute atomic E-state index is 0.467. The summed E-state index contributed by atoms with van der Waals surface area (Å²) in [6.07, 6.45) is 5.77. The van der Waals surface area contributed by atoms with E-state index in [4.69, 9.17) is 4.65 Å². The van der Waals surface area contributed by atoms with Gasteiger partial charge in [-0.15, -0.1) is 0 Å². The monoisotopic (exact) mass is 269 g/mol. The molecule has 2 aliphatic rings. The van der Waals surface area contributed by atoms with Crippen LogP contribution in [0.1, 0.15) is 18.4 Å². The molecule has 2 aromatic rings. The quantitative estimate of drug-likeness (QED) is 0.684. The molecule has 0 aromatic carbocycles. The molecule has 3 N–H and O–H groups in total. The summed E-state index contributed by atoms with van der Waals surface area (Å²) < 4.78 is 5.52. The maximum atomic E-state index is 9.93. The maximum absolute atomic E-state index is 9.93. The van der Waals surface area contributed by atoms with Crippen LogP contribution in [0.3, 0.4) is 0 Å². The number of nitrogens with one attached hydrogen (secondary N) is 2. The second-order valence-electron chi connectivity index (χ2n) is 5.39. The van der Waals surface area contributed by atoms with E-state index in [0.29, 0.717) is 11.7 Å². The lowest BCUT2D eigenvalue weighted by molar-refractivity contribution is 0.417. The highest BCUT2D eigenvalue weighted by atomic mass is 16.5. The van der Waals surface area contributed by atoms with Crippen molar-refractivity contribution in [2.45, 2.75) is 12.8 Å². The molecule has 1 saturated heterocycles. The highest BCUT2D eigenvalue weighted by molar-refractivity contribution is 6.52. The molecule has 0 aliphatic carbocycles. The molecule has 4 heterocycles. The van der Waals surface area contributed by atoms with Crippen LogP contribution in [0.15, 0.2) is 24.4 Å². The number of piperidine rings is 1. The number of allylic oxidation sites excluding steroid dienone is 1. The van der Waals surface area contributed by atoms with E-state index in [9.17, 15) is 5.02 Å². The second kappa shape index (κ2) is 4.65. The zero-order chi connectivity index (χ0) is 13.5. The Hall–Kier alpha value is -1.79. The van der Waals surface area contributed by atoms with Gasteiger partial charge in [0.2, 0.25) is 0 Å². The summed E-state index contributed by atoms with van der Waals surface area (Å²) in [5.74, 6) is 3.00. The van der Waals surface area contributed by atoms with Gasteiger partial charge in [0.1, 0.15) is 11.4 Å². The molecule has 20 heavy (non-hydrogen) atoms. The molecule has 0 unspecified atom stereocenters. The molecular weight excluding hydrogens is 253 g/mol. The Balaban J connectivity index is 1.88. The van der Waals surface area contributed by atoms with E-state index in [0.717, 1.165) is 42.5 Å². The standard InChI is InChI=1S/C14H16BN3O2/c19-15-7-11(9-1-4-16-5-2-9)13-10-3-6-17-14(10)18-8-12(13)20-15/h3,6-9,16,19H,1-2,4-5H2,(H,17,18). The number of nitrogens with zero attached hydrogens (tertiary/aromatic N) is 1. The first-order valence-corrected chi connectivity index (χ1v) is 7.06. The van der Waals surface area contributed by atoms with E-state index < -0.39 is 7.12 Å². The molecule has 0 spiro atoms. The Morgan fingerprint density at radius 1 is 1.35 bits per heavy atom. The normalized spacial score (nSPS) is 19.6. The molecule has 0 radical (unpaired) electrons. The molecule has 0 saturated carbocycles. The summed E-state index contributed by atoms with van der Waals surface area (Å²) in [6.45, 7) is 2.05. The molecule has 0 atom stereocenters. The van der Waals surface area contributed by atoms with Gasteiger partial charge in [0, 0.05) is 17.1 Å². The van der Waals surface area contributed by atoms with Crippen LogP contribution in [0.5, 0.6) is 5.75 Å². The van der Waals surface area contributed by atoms with Gasteiger partial charge in [-0.05, 0) is 49.5 Å². The van der Waals surface area contributed by atoms with E-state index in [1.165, 1.54) is 5.57 Å². The smallest absolute Gasteiger partial charge is 0.531 e. The van der Waals surface area contributed by atoms with Crippen molar-refractivity contribution in [2.24, 2.45) is 5.92 Å². The Kier molecular flexibility index (Phi) is 2.79. The van der Waals surface area contributed by atoms with Crippen LogP contribution in [0.4, 0.5) is 0 Å². The molecular formula is C14H16BN3O2. The van der Waals surface area contributed by atoms with Gasteiger partial charge < -0.3 is 20.0 Å². The van der Waals surface area contributed by atoms with Crippen LogP contribution in [0, 0.1) is 5.92 Å². The minimum atomic E-state index is -0.870. The van der Waals surface area contributed by atoms with Gasteiger partial charge in [-0.3, -0.25) is 0 Å². The first-order valence-electron chi connectivity index (χ1n) is 7.06. The number of rotatable bonds is 1. The van der Waals surface area contributed by atoms with Crippen molar-refractivity contribution >= 4 is 23.7 Å². The molecule has 102 valence electrons. The van der Waals surface area contributed by atoms with Crippen molar-refractivity contribution in [1.82, 2.24) is 15.3 Å². The molecule has 5 nitrogen and oxygen atoms in total. The zero-order valence-electron chi connectivity index (χ0n) is 11.1. The summed E-state index contributed by atoms with van der Waals surface area (Å²) >= 11 is 0. The van der Waals surface area contributed by atoms with Gasteiger partial charge in [-0.25, -0.2) is 4.98 Å². The van der Waals surface area contributed by atoms with Crippen LogP contribution >= 0.6 is 0 Å². The molecule has 4 rings (SSSR count). The molecule has 2 aliphatic heterocycles. The summed E-state index contributed by atoms with van der Waals surface area (Å²) in [4.78, 5) is 7.47. The third-order valence-corrected chi connectivity index (χ3v) is 4.19. The maximum Gasteiger partial charge on any atom is 0.552 e. The predicted molar refractivity (Wildman–Crippen MR) is 78.3 cm³/mol. The molecule has 6 heteroatoms. The number of hydrogen-bond acceptors (Lipinski definition) is 4. The van der Waals surface area contributed by atoms with E-state index in [-0.39, 0.29) is 0 Å². The van der Waals surface area contributed by atoms with Gasteiger partial charge in [0.05, 0.1) is 6.20 Å². The fourth-order valence-electron chi connectivity index (χ4n) is 3.25. The van der Waals surface area contributed by atoms with Crippen LogP contribution in [0.2, 0.25) is 0 Å². The highest BCUT2D eigenvalue weighted by Gasteiger charge is 2.30. The van der Waals surface area contributed by atoms with E-state index in [2.05, 4.69) is 15.3 Å². The fraction of sp³-hybridized carbons (Fsp3) is 0.357. The van der Waals surface area contributed by atoms with Crippen LogP contribution < -0.4 is 9.97 Å². The number of H-pyrrole nitrogens is 1. The summed E-state index contributed by atoms with van der Waals surface area (Å²) in [5, 5.41) is 14.4. The Labute approximate surface area is 117 Å². The number of pyridine rings is 1. The van der Waals surface area contributed by atoms with E-state index >= 15 is 0 Å². The van der Waals surface area contributed by atoms with Crippen LogP contribution in [-0.2, 0) is 0 Å². The Bertz CT molecular complexity index is 676. The first kappa shape index (κ1) is 12.0. The van der Waals surface area contributed by atoms with Crippen molar-refractivity contribution in [1.29, 1.82) is 0 Å². The van der Waals surface area contributed by atoms with Gasteiger partial charge in [0.15, 0.2) is 0 Å². The first-order chi connectivity index (χ1) is 9.83. The van der Waals surface area contributed by atoms with Gasteiger partial charge >= 0.3 is 7.12 Å². The van der Waals surface area contributed by atoms with Crippen molar-refractivity contribution < 1.29 is 9.68 Å². The Morgan fingerprint density at radius 3 is 3.05 bits per heavy atom. The van der Waals surface area contributed by atoms with Crippen LogP contribution in [-0.4, -0.2) is 35.2 Å². The van der Waals surface area contributed by atoms with Crippen molar-refractivity contribution in [3.8, 4) is 5.75 Å². The van der Waals surface area contributed by atoms with E-state index in [1.54, 1.807) is 6.20 Å². The van der Waals surface area contributed by atoms with E-state index in [1.807, 2.05) is 18.2 Å². The second-order valence-corrected chi connectivity index (χ2v) is 5.39. The zero-order valence-corrected chi connectivity index (χ0v) is 11.1. The average Bonchev–Trinajstić information content (AvgIpc) is 2.95. The van der Waals surface area contributed by atoms with Crippen molar-refractivity contribution in [2.75, 3.05) is 13.1 Å². The van der Waals surface area contributed by atoms with Gasteiger partial charge in [-0.1, -0.05) is 0 Å². The topological polar surface area (TPSA) is 70.2 Å². The van der Waals surface area contributed by atoms with Crippen LogP contribution in [0.25, 0.3) is 16.6 Å². The summed E-state index contributed by atoms with van der Waals surface area (Å²) in [7, 11) is -0.870. The third-order valence-electron chi connectivity index (χ3n) is 4.19. The van der Waals surface area contributed by atoms with Crippen molar-refractivity contribution in [3.05, 3.63) is 30.0 Å². The lowest BCUT2D eigenvalue weighted by atomic mass is 9.75. The number of aromatic amines is 1. The summed E-state index contributed by atoms with van der Waals surface area (Å²) in [6, 6.07) is 2.02. The number of hydrogen-bond donors (Lipinski definition) is 3. The molecule has 1 fully saturated rings. The van der Waals surface area contributed by atoms with Gasteiger partial charge in [0.25, 0.3) is 0 Å². The molecule has 2 aromatic heterocycles. The third kappa shape index (κ3) is 1.84. The lowest BCUT2D eigenvalue weighted by Crippen LogP contribution is -2.31. The predicted octanol–water partition coefficient (Wildman–Crippen LogP) is 1.36. The highest BCUT2D eigenvalue weighted by Crippen LogP contribution is 2.41. The largest absolute Gasteiger partial charge is 0.552 e. The summed E-state index contributed by atoms with van der Waals surface area (Å²) in [5.41, 5.74) is 3.16. The SMILES string of the molecule is OB1C=C(C2CCNCC2)c2c(cnc3[nH]ccc23)O1. The van der Waals surface area contributed by atoms with Crippen molar-refractivity contribution in [3.63, 3.8) is 0 Å². The minimum Gasteiger partial charge on any atom is -0.531 e. The fourth-order valence-corrected chi connectivity index (χ4v) is 3.25.